The Kier molecular flexibility index (Phi) is 5.46. The summed E-state index contributed by atoms with van der Waals surface area (Å²) in [7, 11) is 3.13. The van der Waals surface area contributed by atoms with Crippen LogP contribution < -0.4 is 14.8 Å². The van der Waals surface area contributed by atoms with Gasteiger partial charge in [0.2, 0.25) is 0 Å². The van der Waals surface area contributed by atoms with Crippen molar-refractivity contribution in [3.05, 3.63) is 51.8 Å². The lowest BCUT2D eigenvalue weighted by Crippen LogP contribution is -2.23. The van der Waals surface area contributed by atoms with E-state index in [9.17, 15) is 4.79 Å². The Labute approximate surface area is 138 Å². The average molecular weight is 341 g/mol. The summed E-state index contributed by atoms with van der Waals surface area (Å²) in [5, 5.41) is 3.11. The Balaban J connectivity index is 2.10. The molecule has 0 spiro atoms. The molecule has 0 unspecified atom stereocenters. The summed E-state index contributed by atoms with van der Waals surface area (Å²) in [5.74, 6) is 1.01. The van der Waals surface area contributed by atoms with Crippen molar-refractivity contribution in [1.82, 2.24) is 10.3 Å². The number of methoxy groups -OCH3 is 2. The third-order valence-corrected chi connectivity index (χ3v) is 3.35. The number of carbonyl (C=O) groups excluding carboxylic acids is 1. The van der Waals surface area contributed by atoms with Crippen molar-refractivity contribution in [1.29, 1.82) is 0 Å². The molecule has 0 saturated carbocycles. The molecule has 1 aromatic heterocycles. The number of nitrogens with one attached hydrogen (secondary N) is 1. The summed E-state index contributed by atoms with van der Waals surface area (Å²) in [5.41, 5.74) is 1.17. The molecule has 0 saturated heterocycles. The summed E-state index contributed by atoms with van der Waals surface area (Å²) in [6, 6.07) is 8.28. The van der Waals surface area contributed by atoms with Crippen LogP contribution in [0.15, 0.2) is 30.3 Å². The van der Waals surface area contributed by atoms with Gasteiger partial charge < -0.3 is 14.8 Å². The van der Waals surface area contributed by atoms with Crippen molar-refractivity contribution >= 4 is 29.1 Å². The quantitative estimate of drug-likeness (QED) is 0.848. The fourth-order valence-corrected chi connectivity index (χ4v) is 2.33. The molecule has 0 atom stereocenters. The first-order chi connectivity index (χ1) is 10.5. The second kappa shape index (κ2) is 7.33. The van der Waals surface area contributed by atoms with Crippen LogP contribution in [-0.2, 0) is 6.54 Å². The average Bonchev–Trinajstić information content (AvgIpc) is 2.51. The van der Waals surface area contributed by atoms with Crippen LogP contribution in [0.2, 0.25) is 10.3 Å². The summed E-state index contributed by atoms with van der Waals surface area (Å²) in [6.45, 7) is 0.295. The maximum atomic E-state index is 12.1. The van der Waals surface area contributed by atoms with Crippen LogP contribution in [0.4, 0.5) is 0 Å². The van der Waals surface area contributed by atoms with Crippen molar-refractivity contribution in [3.8, 4) is 11.5 Å². The van der Waals surface area contributed by atoms with E-state index in [2.05, 4.69) is 10.3 Å². The zero-order chi connectivity index (χ0) is 16.1. The molecule has 116 valence electrons. The van der Waals surface area contributed by atoms with Gasteiger partial charge in [-0.3, -0.25) is 4.79 Å². The van der Waals surface area contributed by atoms with E-state index in [0.29, 0.717) is 23.6 Å². The molecule has 0 aliphatic heterocycles. The number of halogens is 2. The second-order valence-electron chi connectivity index (χ2n) is 4.36. The van der Waals surface area contributed by atoms with E-state index in [0.717, 1.165) is 5.56 Å². The van der Waals surface area contributed by atoms with Crippen molar-refractivity contribution in [2.75, 3.05) is 14.2 Å². The lowest BCUT2D eigenvalue weighted by atomic mass is 10.1. The van der Waals surface area contributed by atoms with Crippen LogP contribution in [-0.4, -0.2) is 25.1 Å². The van der Waals surface area contributed by atoms with Gasteiger partial charge in [-0.2, -0.15) is 0 Å². The van der Waals surface area contributed by atoms with Gasteiger partial charge in [-0.05, 0) is 24.3 Å². The fraction of sp³-hybridized carbons (Fsp3) is 0.200. The number of ether oxygens (including phenoxy) is 2. The molecule has 1 N–H and O–H groups in total. The number of hydrogen-bond donors (Lipinski definition) is 1. The molecular formula is C15H14Cl2N2O3. The first-order valence-electron chi connectivity index (χ1n) is 6.35. The molecule has 22 heavy (non-hydrogen) atoms. The number of aromatic nitrogens is 1. The molecule has 2 rings (SSSR count). The maximum absolute atomic E-state index is 12.1. The van der Waals surface area contributed by atoms with Crippen LogP contribution >= 0.6 is 23.2 Å². The zero-order valence-electron chi connectivity index (χ0n) is 12.0. The Morgan fingerprint density at radius 2 is 1.82 bits per heavy atom. The SMILES string of the molecule is COc1ccc(CNC(=O)c2cc(Cl)nc(Cl)c2)c(OC)c1. The van der Waals surface area contributed by atoms with Gasteiger partial charge >= 0.3 is 0 Å². The number of rotatable bonds is 5. The molecule has 0 fully saturated rings. The van der Waals surface area contributed by atoms with Crippen LogP contribution in [0, 0.1) is 0 Å². The highest BCUT2D eigenvalue weighted by Gasteiger charge is 2.11. The standard InChI is InChI=1S/C15H14Cl2N2O3/c1-21-11-4-3-9(12(7-11)22-2)8-18-15(20)10-5-13(16)19-14(17)6-10/h3-7H,8H2,1-2H3,(H,18,20). The molecule has 1 amide bonds. The van der Waals surface area contributed by atoms with Crippen LogP contribution in [0.1, 0.15) is 15.9 Å². The van der Waals surface area contributed by atoms with Crippen LogP contribution in [0.25, 0.3) is 0 Å². The predicted octanol–water partition coefficient (Wildman–Crippen LogP) is 3.34. The molecule has 0 aliphatic rings. The number of pyridine rings is 1. The van der Waals surface area contributed by atoms with E-state index in [4.69, 9.17) is 32.7 Å². The van der Waals surface area contributed by atoms with E-state index in [-0.39, 0.29) is 16.2 Å². The van der Waals surface area contributed by atoms with Crippen molar-refractivity contribution in [2.24, 2.45) is 0 Å². The van der Waals surface area contributed by atoms with Gasteiger partial charge in [0.25, 0.3) is 5.91 Å². The van der Waals surface area contributed by atoms with Crippen molar-refractivity contribution in [2.45, 2.75) is 6.54 Å². The monoisotopic (exact) mass is 340 g/mol. The smallest absolute Gasteiger partial charge is 0.251 e. The molecular weight excluding hydrogens is 327 g/mol. The van der Waals surface area contributed by atoms with E-state index in [1.807, 2.05) is 6.07 Å². The van der Waals surface area contributed by atoms with Crippen LogP contribution in [0.5, 0.6) is 11.5 Å². The van der Waals surface area contributed by atoms with Gasteiger partial charge in [-0.15, -0.1) is 0 Å². The van der Waals surface area contributed by atoms with Gasteiger partial charge in [-0.25, -0.2) is 4.98 Å². The summed E-state index contributed by atoms with van der Waals surface area (Å²) >= 11 is 11.6. The van der Waals surface area contributed by atoms with Gasteiger partial charge in [0.15, 0.2) is 0 Å². The molecule has 5 nitrogen and oxygen atoms in total. The van der Waals surface area contributed by atoms with Crippen LogP contribution in [0.3, 0.4) is 0 Å². The Morgan fingerprint density at radius 3 is 2.41 bits per heavy atom. The number of hydrogen-bond acceptors (Lipinski definition) is 4. The molecule has 1 heterocycles. The molecule has 2 aromatic rings. The first kappa shape index (κ1) is 16.4. The lowest BCUT2D eigenvalue weighted by molar-refractivity contribution is 0.0950. The van der Waals surface area contributed by atoms with Gasteiger partial charge in [0, 0.05) is 23.7 Å². The molecule has 0 bridgehead atoms. The summed E-state index contributed by atoms with van der Waals surface area (Å²) < 4.78 is 10.4. The van der Waals surface area contributed by atoms with Gasteiger partial charge in [0.1, 0.15) is 21.8 Å². The minimum absolute atomic E-state index is 0.166. The van der Waals surface area contributed by atoms with E-state index < -0.39 is 0 Å². The zero-order valence-corrected chi connectivity index (χ0v) is 13.5. The minimum Gasteiger partial charge on any atom is -0.497 e. The third-order valence-electron chi connectivity index (χ3n) is 2.96. The number of amides is 1. The Morgan fingerprint density at radius 1 is 1.14 bits per heavy atom. The third kappa shape index (κ3) is 4.02. The normalized spacial score (nSPS) is 10.2. The Bertz CT molecular complexity index is 672. The number of carbonyl (C=O) groups is 1. The minimum atomic E-state index is -0.302. The van der Waals surface area contributed by atoms with Crippen molar-refractivity contribution < 1.29 is 14.3 Å². The predicted molar refractivity (Wildman–Crippen MR) is 85.0 cm³/mol. The number of nitrogens with zero attached hydrogens (tertiary/aromatic N) is 1. The topological polar surface area (TPSA) is 60.5 Å². The van der Waals surface area contributed by atoms with Gasteiger partial charge in [-0.1, -0.05) is 23.2 Å². The Hall–Kier alpha value is -1.98. The fourth-order valence-electron chi connectivity index (χ4n) is 1.87. The van der Waals surface area contributed by atoms with E-state index >= 15 is 0 Å². The highest BCUT2D eigenvalue weighted by Crippen LogP contribution is 2.24. The molecule has 1 aromatic carbocycles. The second-order valence-corrected chi connectivity index (χ2v) is 5.14. The summed E-state index contributed by atoms with van der Waals surface area (Å²) in [6.07, 6.45) is 0. The number of benzene rings is 1. The van der Waals surface area contributed by atoms with E-state index in [1.165, 1.54) is 12.1 Å². The first-order valence-corrected chi connectivity index (χ1v) is 7.11. The summed E-state index contributed by atoms with van der Waals surface area (Å²) in [4.78, 5) is 15.9. The lowest BCUT2D eigenvalue weighted by Gasteiger charge is -2.11. The molecule has 0 radical (unpaired) electrons. The van der Waals surface area contributed by atoms with E-state index in [1.54, 1.807) is 26.4 Å². The van der Waals surface area contributed by atoms with Crippen molar-refractivity contribution in [3.63, 3.8) is 0 Å². The highest BCUT2D eigenvalue weighted by atomic mass is 35.5. The van der Waals surface area contributed by atoms with Gasteiger partial charge in [0.05, 0.1) is 14.2 Å². The highest BCUT2D eigenvalue weighted by molar-refractivity contribution is 6.33. The molecule has 7 heteroatoms. The molecule has 0 aliphatic carbocycles. The maximum Gasteiger partial charge on any atom is 0.251 e. The largest absolute Gasteiger partial charge is 0.497 e.